The molecule has 0 aromatic heterocycles. The highest BCUT2D eigenvalue weighted by Crippen LogP contribution is 2.38. The van der Waals surface area contributed by atoms with Gasteiger partial charge in [-0.25, -0.2) is 4.39 Å². The second-order valence-electron chi connectivity index (χ2n) is 3.85. The summed E-state index contributed by atoms with van der Waals surface area (Å²) < 4.78 is 96.4. The van der Waals surface area contributed by atoms with Crippen LogP contribution >= 0.6 is 0 Å². The first-order valence-corrected chi connectivity index (χ1v) is 5.07. The van der Waals surface area contributed by atoms with Gasteiger partial charge in [-0.1, -0.05) is 12.8 Å². The Morgan fingerprint density at radius 3 is 1.72 bits per heavy atom. The third-order valence-corrected chi connectivity index (χ3v) is 2.21. The molecule has 0 aliphatic heterocycles. The van der Waals surface area contributed by atoms with Gasteiger partial charge < -0.3 is 5.11 Å². The summed E-state index contributed by atoms with van der Waals surface area (Å²) in [5, 5.41) is 7.75. The predicted molar refractivity (Wildman–Crippen MR) is 46.1 cm³/mol. The van der Waals surface area contributed by atoms with Crippen LogP contribution in [-0.4, -0.2) is 29.5 Å². The largest absolute Gasteiger partial charge is 0.420 e. The number of unbranched alkanes of at least 4 members (excludes halogenated alkanes) is 2. The van der Waals surface area contributed by atoms with E-state index in [0.29, 0.717) is 0 Å². The van der Waals surface area contributed by atoms with Gasteiger partial charge in [-0.05, 0) is 12.8 Å². The van der Waals surface area contributed by atoms with Crippen molar-refractivity contribution >= 4 is 0 Å². The quantitative estimate of drug-likeness (QED) is 0.553. The van der Waals surface area contributed by atoms with Crippen molar-refractivity contribution in [3.63, 3.8) is 0 Å². The molecule has 0 amide bonds. The molecular formula is C9H12F8O. The molecule has 110 valence electrons. The van der Waals surface area contributed by atoms with Crippen molar-refractivity contribution in [2.75, 3.05) is 0 Å². The summed E-state index contributed by atoms with van der Waals surface area (Å²) >= 11 is 0. The molecule has 0 fully saturated rings. The van der Waals surface area contributed by atoms with Crippen molar-refractivity contribution in [3.05, 3.63) is 0 Å². The first-order valence-electron chi connectivity index (χ1n) is 5.07. The third-order valence-electron chi connectivity index (χ3n) is 2.21. The van der Waals surface area contributed by atoms with E-state index in [2.05, 4.69) is 0 Å². The maximum Gasteiger partial charge on any atom is 0.420 e. The molecule has 0 heterocycles. The molecule has 0 saturated heterocycles. The van der Waals surface area contributed by atoms with Crippen LogP contribution in [0.1, 0.15) is 32.1 Å². The van der Waals surface area contributed by atoms with Crippen LogP contribution in [0.25, 0.3) is 0 Å². The Hall–Kier alpha value is -0.600. The summed E-state index contributed by atoms with van der Waals surface area (Å²) in [4.78, 5) is 0. The molecule has 1 nitrogen and oxygen atoms in total. The van der Waals surface area contributed by atoms with Crippen LogP contribution in [0.2, 0.25) is 0 Å². The van der Waals surface area contributed by atoms with Crippen molar-refractivity contribution < 1.29 is 40.2 Å². The lowest BCUT2D eigenvalue weighted by Crippen LogP contribution is -2.47. The van der Waals surface area contributed by atoms with E-state index in [1.54, 1.807) is 0 Å². The van der Waals surface area contributed by atoms with Gasteiger partial charge in [0.25, 0.3) is 0 Å². The topological polar surface area (TPSA) is 20.2 Å². The van der Waals surface area contributed by atoms with Crippen molar-refractivity contribution in [1.82, 2.24) is 0 Å². The number of hydrogen-bond acceptors (Lipinski definition) is 1. The van der Waals surface area contributed by atoms with E-state index in [4.69, 9.17) is 5.11 Å². The molecule has 0 rings (SSSR count). The van der Waals surface area contributed by atoms with Crippen LogP contribution in [0.15, 0.2) is 0 Å². The van der Waals surface area contributed by atoms with Gasteiger partial charge in [0, 0.05) is 6.42 Å². The fraction of sp³-hybridized carbons (Fsp3) is 1.00. The van der Waals surface area contributed by atoms with Crippen molar-refractivity contribution in [3.8, 4) is 0 Å². The average Bonchev–Trinajstić information content (AvgIpc) is 2.13. The van der Waals surface area contributed by atoms with Gasteiger partial charge in [0.2, 0.25) is 0 Å². The maximum absolute atomic E-state index is 12.7. The predicted octanol–water partition coefficient (Wildman–Crippen LogP) is 4.06. The molecular weight excluding hydrogens is 276 g/mol. The van der Waals surface area contributed by atoms with Crippen molar-refractivity contribution in [2.24, 2.45) is 0 Å². The lowest BCUT2D eigenvalue weighted by molar-refractivity contribution is -0.342. The molecule has 0 bridgehead atoms. The fourth-order valence-corrected chi connectivity index (χ4v) is 1.20. The minimum atomic E-state index is -5.49. The molecule has 0 aromatic carbocycles. The van der Waals surface area contributed by atoms with Gasteiger partial charge in [-0.3, -0.25) is 0 Å². The zero-order valence-electron chi connectivity index (χ0n) is 9.08. The van der Waals surface area contributed by atoms with Gasteiger partial charge in [0.05, 0.1) is 0 Å². The van der Waals surface area contributed by atoms with Crippen molar-refractivity contribution in [2.45, 2.75) is 56.5 Å². The van der Waals surface area contributed by atoms with Crippen LogP contribution in [-0.2, 0) is 0 Å². The van der Waals surface area contributed by atoms with Crippen LogP contribution in [0.4, 0.5) is 35.1 Å². The Balaban J connectivity index is 3.95. The van der Waals surface area contributed by atoms with Crippen molar-refractivity contribution in [1.29, 1.82) is 0 Å². The maximum atomic E-state index is 12.7. The Morgan fingerprint density at radius 2 is 1.33 bits per heavy atom. The van der Waals surface area contributed by atoms with E-state index in [0.717, 1.165) is 0 Å². The van der Waals surface area contributed by atoms with Crippen LogP contribution < -0.4 is 0 Å². The number of halogens is 8. The summed E-state index contributed by atoms with van der Waals surface area (Å²) in [7, 11) is 0. The minimum absolute atomic E-state index is 0.215. The highest BCUT2D eigenvalue weighted by molar-refractivity contribution is 4.83. The van der Waals surface area contributed by atoms with Crippen LogP contribution in [0.3, 0.4) is 0 Å². The van der Waals surface area contributed by atoms with Gasteiger partial charge >= 0.3 is 18.2 Å². The normalized spacial score (nSPS) is 15.8. The average molecular weight is 288 g/mol. The highest BCUT2D eigenvalue weighted by atomic mass is 19.4. The number of aliphatic hydroxyl groups is 1. The fourth-order valence-electron chi connectivity index (χ4n) is 1.20. The van der Waals surface area contributed by atoms with E-state index >= 15 is 0 Å². The standard InChI is InChI=1S/C9H12F8O/c10-6(8(14,15)9(16,17)18)4-2-1-3-5-7(11,12)13/h6,18H,1-5H2. The van der Waals surface area contributed by atoms with E-state index in [9.17, 15) is 35.1 Å². The lowest BCUT2D eigenvalue weighted by atomic mass is 10.0. The molecule has 1 atom stereocenters. The molecule has 1 N–H and O–H groups in total. The second-order valence-corrected chi connectivity index (χ2v) is 3.85. The molecule has 9 heteroatoms. The second kappa shape index (κ2) is 6.03. The number of hydrogen-bond donors (Lipinski definition) is 1. The number of rotatable bonds is 7. The summed E-state index contributed by atoms with van der Waals surface area (Å²) in [6, 6.07) is 0. The van der Waals surface area contributed by atoms with Gasteiger partial charge in [-0.2, -0.15) is 30.7 Å². The molecule has 0 aromatic rings. The first kappa shape index (κ1) is 17.4. The van der Waals surface area contributed by atoms with E-state index < -0.39 is 50.1 Å². The van der Waals surface area contributed by atoms with Gasteiger partial charge in [0.15, 0.2) is 6.17 Å². The van der Waals surface area contributed by atoms with Gasteiger partial charge in [-0.15, -0.1) is 0 Å². The zero-order valence-corrected chi connectivity index (χ0v) is 9.08. The van der Waals surface area contributed by atoms with Crippen LogP contribution in [0.5, 0.6) is 0 Å². The van der Waals surface area contributed by atoms with Crippen LogP contribution in [0, 0.1) is 0 Å². The molecule has 0 aliphatic rings. The summed E-state index contributed by atoms with van der Waals surface area (Å²) in [5.74, 6) is -5.24. The number of alkyl halides is 8. The Kier molecular flexibility index (Phi) is 5.83. The molecule has 0 radical (unpaired) electrons. The Morgan fingerprint density at radius 1 is 0.833 bits per heavy atom. The molecule has 0 aliphatic carbocycles. The monoisotopic (exact) mass is 288 g/mol. The third kappa shape index (κ3) is 5.83. The summed E-state index contributed by atoms with van der Waals surface area (Å²) in [6.45, 7) is 0. The van der Waals surface area contributed by atoms with E-state index in [-0.39, 0.29) is 6.42 Å². The summed E-state index contributed by atoms with van der Waals surface area (Å²) in [5.41, 5.74) is 0. The Labute approximate surface area is 97.8 Å². The van der Waals surface area contributed by atoms with E-state index in [1.807, 2.05) is 0 Å². The minimum Gasteiger partial charge on any atom is -0.331 e. The van der Waals surface area contributed by atoms with Gasteiger partial charge in [0.1, 0.15) is 0 Å². The molecule has 18 heavy (non-hydrogen) atoms. The SMILES string of the molecule is OC(F)(F)C(F)(F)C(F)CCCCCC(F)(F)F. The molecule has 0 saturated carbocycles. The lowest BCUT2D eigenvalue weighted by Gasteiger charge is -2.24. The molecule has 0 spiro atoms. The van der Waals surface area contributed by atoms with E-state index in [1.165, 1.54) is 0 Å². The molecule has 1 unspecified atom stereocenters. The highest BCUT2D eigenvalue weighted by Gasteiger charge is 2.60. The zero-order chi connectivity index (χ0) is 14.6. The summed E-state index contributed by atoms with van der Waals surface area (Å²) in [6.07, 6.45) is -16.4. The Bertz CT molecular complexity index is 244. The smallest absolute Gasteiger partial charge is 0.331 e. The first-order chi connectivity index (χ1) is 7.88.